The lowest BCUT2D eigenvalue weighted by Gasteiger charge is -2.39. The second-order valence-electron chi connectivity index (χ2n) is 6.65. The number of Topliss-reactive ketones (excluding diaryl/α,β-unsaturated/α-hetero) is 1. The number of rotatable bonds is 5. The fourth-order valence-corrected chi connectivity index (χ4v) is 4.09. The van der Waals surface area contributed by atoms with Crippen LogP contribution >= 0.6 is 0 Å². The van der Waals surface area contributed by atoms with Crippen LogP contribution in [0.15, 0.2) is 0 Å². The predicted molar refractivity (Wildman–Crippen MR) is 80.2 cm³/mol. The molecule has 0 N–H and O–H groups in total. The lowest BCUT2D eigenvalue weighted by Crippen LogP contribution is -2.44. The van der Waals surface area contributed by atoms with Crippen LogP contribution in [-0.2, 0) is 4.79 Å². The van der Waals surface area contributed by atoms with Crippen molar-refractivity contribution in [2.24, 2.45) is 11.8 Å². The topological polar surface area (TPSA) is 20.3 Å². The number of piperidine rings is 1. The van der Waals surface area contributed by atoms with Crippen molar-refractivity contribution in [2.75, 3.05) is 13.1 Å². The molecule has 0 aromatic rings. The van der Waals surface area contributed by atoms with Gasteiger partial charge in [0.2, 0.25) is 0 Å². The van der Waals surface area contributed by atoms with Gasteiger partial charge in [0, 0.05) is 24.9 Å². The molecule has 1 aliphatic heterocycles. The van der Waals surface area contributed by atoms with Gasteiger partial charge in [0.05, 0.1) is 0 Å². The van der Waals surface area contributed by atoms with Gasteiger partial charge in [-0.2, -0.15) is 0 Å². The maximum atomic E-state index is 12.2. The number of likely N-dealkylation sites (tertiary alicyclic amines) is 1. The van der Waals surface area contributed by atoms with Gasteiger partial charge >= 0.3 is 0 Å². The molecule has 0 bridgehead atoms. The molecule has 2 aliphatic rings. The molecule has 1 aliphatic carbocycles. The van der Waals surface area contributed by atoms with Crippen LogP contribution in [0.1, 0.15) is 71.6 Å². The molecule has 0 spiro atoms. The first kappa shape index (κ1) is 15.0. The lowest BCUT2D eigenvalue weighted by atomic mass is 9.78. The summed E-state index contributed by atoms with van der Waals surface area (Å²) >= 11 is 0. The smallest absolute Gasteiger partial charge is 0.137 e. The molecule has 1 saturated heterocycles. The molecule has 1 saturated carbocycles. The molecule has 2 fully saturated rings. The third-order valence-electron chi connectivity index (χ3n) is 5.24. The Bertz CT molecular complexity index is 289. The standard InChI is InChI=1S/C17H31NO/c1-3-7-14-9-10-17(19)15(12-14)13-18-11-6-5-8-16(18)4-2/h14-16H,3-13H2,1-2H3. The number of carbonyl (C=O) groups is 1. The summed E-state index contributed by atoms with van der Waals surface area (Å²) in [4.78, 5) is 14.8. The van der Waals surface area contributed by atoms with Crippen molar-refractivity contribution < 1.29 is 4.79 Å². The van der Waals surface area contributed by atoms with E-state index in [9.17, 15) is 4.79 Å². The van der Waals surface area contributed by atoms with Gasteiger partial charge in [-0.3, -0.25) is 9.69 Å². The van der Waals surface area contributed by atoms with Crippen LogP contribution in [0, 0.1) is 11.8 Å². The van der Waals surface area contributed by atoms with E-state index in [4.69, 9.17) is 0 Å². The van der Waals surface area contributed by atoms with E-state index in [2.05, 4.69) is 18.7 Å². The number of carbonyl (C=O) groups excluding carboxylic acids is 1. The maximum absolute atomic E-state index is 12.2. The van der Waals surface area contributed by atoms with Crippen molar-refractivity contribution in [3.8, 4) is 0 Å². The quantitative estimate of drug-likeness (QED) is 0.748. The monoisotopic (exact) mass is 265 g/mol. The third kappa shape index (κ3) is 4.05. The Kier molecular flexibility index (Phi) is 5.87. The molecule has 0 aromatic heterocycles. The largest absolute Gasteiger partial charge is 0.300 e. The van der Waals surface area contributed by atoms with Crippen molar-refractivity contribution in [3.05, 3.63) is 0 Å². The van der Waals surface area contributed by atoms with Crippen LogP contribution in [0.5, 0.6) is 0 Å². The van der Waals surface area contributed by atoms with E-state index in [0.717, 1.165) is 31.3 Å². The fraction of sp³-hybridized carbons (Fsp3) is 0.941. The van der Waals surface area contributed by atoms with Crippen LogP contribution in [-0.4, -0.2) is 29.8 Å². The first-order valence-corrected chi connectivity index (χ1v) is 8.51. The first-order valence-electron chi connectivity index (χ1n) is 8.51. The zero-order valence-electron chi connectivity index (χ0n) is 12.9. The minimum atomic E-state index is 0.345. The van der Waals surface area contributed by atoms with E-state index in [0.29, 0.717) is 11.7 Å². The molecule has 0 radical (unpaired) electrons. The fourth-order valence-electron chi connectivity index (χ4n) is 4.09. The highest BCUT2D eigenvalue weighted by Crippen LogP contribution is 2.31. The van der Waals surface area contributed by atoms with Crippen LogP contribution in [0.3, 0.4) is 0 Å². The molecule has 1 heterocycles. The lowest BCUT2D eigenvalue weighted by molar-refractivity contribution is -0.126. The molecule has 2 heteroatoms. The summed E-state index contributed by atoms with van der Waals surface area (Å²) < 4.78 is 0. The molecular formula is C17H31NO. The summed E-state index contributed by atoms with van der Waals surface area (Å²) in [6.07, 6.45) is 11.1. The van der Waals surface area contributed by atoms with Crippen LogP contribution < -0.4 is 0 Å². The van der Waals surface area contributed by atoms with Crippen LogP contribution in [0.4, 0.5) is 0 Å². The highest BCUT2D eigenvalue weighted by molar-refractivity contribution is 5.82. The van der Waals surface area contributed by atoms with Gasteiger partial charge in [-0.1, -0.05) is 33.1 Å². The predicted octanol–water partition coefficient (Wildman–Crippen LogP) is 4.04. The van der Waals surface area contributed by atoms with Gasteiger partial charge in [-0.15, -0.1) is 0 Å². The van der Waals surface area contributed by atoms with Crippen molar-refractivity contribution in [1.29, 1.82) is 0 Å². The van der Waals surface area contributed by atoms with E-state index in [1.807, 2.05) is 0 Å². The van der Waals surface area contributed by atoms with Crippen LogP contribution in [0.25, 0.3) is 0 Å². The summed E-state index contributed by atoms with van der Waals surface area (Å²) in [5.74, 6) is 1.71. The number of hydrogen-bond donors (Lipinski definition) is 0. The Hall–Kier alpha value is -0.370. The van der Waals surface area contributed by atoms with Gasteiger partial charge in [0.1, 0.15) is 5.78 Å². The van der Waals surface area contributed by atoms with Crippen molar-refractivity contribution in [3.63, 3.8) is 0 Å². The van der Waals surface area contributed by atoms with E-state index in [1.165, 1.54) is 51.5 Å². The van der Waals surface area contributed by atoms with Gasteiger partial charge in [-0.05, 0) is 44.6 Å². The minimum absolute atomic E-state index is 0.345. The van der Waals surface area contributed by atoms with Gasteiger partial charge in [0.15, 0.2) is 0 Å². The second kappa shape index (κ2) is 7.42. The minimum Gasteiger partial charge on any atom is -0.300 e. The van der Waals surface area contributed by atoms with E-state index in [1.54, 1.807) is 0 Å². The van der Waals surface area contributed by atoms with Gasteiger partial charge < -0.3 is 0 Å². The molecule has 110 valence electrons. The van der Waals surface area contributed by atoms with E-state index < -0.39 is 0 Å². The molecule has 2 nitrogen and oxygen atoms in total. The first-order chi connectivity index (χ1) is 9.24. The number of hydrogen-bond acceptors (Lipinski definition) is 2. The molecule has 19 heavy (non-hydrogen) atoms. The van der Waals surface area contributed by atoms with Crippen molar-refractivity contribution in [2.45, 2.75) is 77.7 Å². The Labute approximate surface area is 118 Å². The SMILES string of the molecule is CCCC1CCC(=O)C(CN2CCCCC2CC)C1. The Morgan fingerprint density at radius 3 is 2.79 bits per heavy atom. The highest BCUT2D eigenvalue weighted by atomic mass is 16.1. The summed E-state index contributed by atoms with van der Waals surface area (Å²) in [5, 5.41) is 0. The second-order valence-corrected chi connectivity index (χ2v) is 6.65. The Balaban J connectivity index is 1.89. The van der Waals surface area contributed by atoms with Crippen molar-refractivity contribution >= 4 is 5.78 Å². The van der Waals surface area contributed by atoms with Crippen LogP contribution in [0.2, 0.25) is 0 Å². The summed E-state index contributed by atoms with van der Waals surface area (Å²) in [7, 11) is 0. The number of ketones is 1. The highest BCUT2D eigenvalue weighted by Gasteiger charge is 2.31. The zero-order valence-corrected chi connectivity index (χ0v) is 12.9. The number of nitrogens with zero attached hydrogens (tertiary/aromatic N) is 1. The Morgan fingerprint density at radius 2 is 2.05 bits per heavy atom. The maximum Gasteiger partial charge on any atom is 0.137 e. The molecule has 3 atom stereocenters. The Morgan fingerprint density at radius 1 is 1.21 bits per heavy atom. The molecule has 0 aromatic carbocycles. The molecule has 2 rings (SSSR count). The van der Waals surface area contributed by atoms with E-state index >= 15 is 0 Å². The normalized spacial score (nSPS) is 33.6. The molecule has 0 amide bonds. The van der Waals surface area contributed by atoms with Gasteiger partial charge in [0.25, 0.3) is 0 Å². The summed E-state index contributed by atoms with van der Waals surface area (Å²) in [6.45, 7) is 6.84. The average Bonchev–Trinajstić information content (AvgIpc) is 2.43. The van der Waals surface area contributed by atoms with Gasteiger partial charge in [-0.25, -0.2) is 0 Å². The third-order valence-corrected chi connectivity index (χ3v) is 5.24. The molecular weight excluding hydrogens is 234 g/mol. The summed E-state index contributed by atoms with van der Waals surface area (Å²) in [5.41, 5.74) is 0. The van der Waals surface area contributed by atoms with Crippen molar-refractivity contribution in [1.82, 2.24) is 4.90 Å². The zero-order chi connectivity index (χ0) is 13.7. The average molecular weight is 265 g/mol. The van der Waals surface area contributed by atoms with E-state index in [-0.39, 0.29) is 0 Å². The summed E-state index contributed by atoms with van der Waals surface area (Å²) in [6, 6.07) is 0.744. The molecule has 3 unspecified atom stereocenters.